The summed E-state index contributed by atoms with van der Waals surface area (Å²) in [7, 11) is 0. The van der Waals surface area contributed by atoms with Crippen LogP contribution < -0.4 is 20.1 Å². The molecule has 0 saturated carbocycles. The second-order valence-corrected chi connectivity index (χ2v) is 4.27. The number of hydrogen-bond acceptors (Lipinski definition) is 4. The predicted molar refractivity (Wildman–Crippen MR) is 64.7 cm³/mol. The van der Waals surface area contributed by atoms with Crippen LogP contribution in [0.15, 0.2) is 18.2 Å². The summed E-state index contributed by atoms with van der Waals surface area (Å²) in [5.74, 6) is 0.377. The lowest BCUT2D eigenvalue weighted by molar-refractivity contribution is -0.138. The highest BCUT2D eigenvalue weighted by Crippen LogP contribution is 2.34. The molecule has 1 aliphatic rings. The number of carbonyl (C=O) groups is 1. The largest absolute Gasteiger partial charge is 0.454 e. The van der Waals surface area contributed by atoms with E-state index in [2.05, 4.69) is 5.32 Å². The van der Waals surface area contributed by atoms with Crippen molar-refractivity contribution in [2.24, 2.45) is 0 Å². The Balaban J connectivity index is 1.90. The highest BCUT2D eigenvalue weighted by atomic mass is 19.4. The maximum atomic E-state index is 12.0. The van der Waals surface area contributed by atoms with Gasteiger partial charge >= 0.3 is 6.18 Å². The minimum atomic E-state index is -4.42. The second kappa shape index (κ2) is 5.48. The first-order chi connectivity index (χ1) is 9.35. The van der Waals surface area contributed by atoms with Gasteiger partial charge in [-0.2, -0.15) is 13.2 Å². The van der Waals surface area contributed by atoms with Crippen LogP contribution in [-0.4, -0.2) is 31.5 Å². The Labute approximate surface area is 113 Å². The molecule has 1 aromatic carbocycles. The molecule has 2 rings (SSSR count). The molecule has 0 unspecified atom stereocenters. The Morgan fingerprint density at radius 1 is 1.35 bits per heavy atom. The van der Waals surface area contributed by atoms with Crippen LogP contribution in [0.5, 0.6) is 11.5 Å². The van der Waals surface area contributed by atoms with Crippen LogP contribution >= 0.6 is 0 Å². The van der Waals surface area contributed by atoms with Crippen molar-refractivity contribution in [3.8, 4) is 11.5 Å². The number of nitrogens with one attached hydrogen (secondary N) is 2. The lowest BCUT2D eigenvalue weighted by Crippen LogP contribution is -2.42. The fourth-order valence-electron chi connectivity index (χ4n) is 1.64. The third kappa shape index (κ3) is 3.69. The number of hydrogen-bond donors (Lipinski definition) is 2. The number of ether oxygens (including phenoxy) is 2. The Morgan fingerprint density at radius 2 is 2.05 bits per heavy atom. The summed E-state index contributed by atoms with van der Waals surface area (Å²) in [6.45, 7) is 0.246. The van der Waals surface area contributed by atoms with Gasteiger partial charge in [0.05, 0.1) is 0 Å². The summed E-state index contributed by atoms with van der Waals surface area (Å²) < 4.78 is 46.3. The summed E-state index contributed by atoms with van der Waals surface area (Å²) >= 11 is 0. The van der Waals surface area contributed by atoms with Gasteiger partial charge in [0.2, 0.25) is 12.7 Å². The molecule has 0 bridgehead atoms. The average Bonchev–Trinajstić information content (AvgIpc) is 2.82. The highest BCUT2D eigenvalue weighted by Gasteiger charge is 2.28. The molecule has 5 nitrogen and oxygen atoms in total. The van der Waals surface area contributed by atoms with E-state index < -0.39 is 24.7 Å². The van der Waals surface area contributed by atoms with Crippen LogP contribution in [-0.2, 0) is 4.79 Å². The number of amides is 1. The standard InChI is InChI=1S/C12H13F3N2O3/c1-7(11(18)16-5-12(13,14)15)17-8-2-3-9-10(4-8)20-6-19-9/h2-4,7,17H,5-6H2,1H3,(H,16,18)/t7-/m0/s1. The van der Waals surface area contributed by atoms with E-state index in [1.165, 1.54) is 6.92 Å². The van der Waals surface area contributed by atoms with Crippen molar-refractivity contribution >= 4 is 11.6 Å². The summed E-state index contributed by atoms with van der Waals surface area (Å²) in [5.41, 5.74) is 0.559. The molecule has 20 heavy (non-hydrogen) atoms. The van der Waals surface area contributed by atoms with Crippen molar-refractivity contribution < 1.29 is 27.4 Å². The van der Waals surface area contributed by atoms with Crippen LogP contribution in [0, 0.1) is 0 Å². The number of carbonyl (C=O) groups excluding carboxylic acids is 1. The van der Waals surface area contributed by atoms with Gasteiger partial charge in [0.15, 0.2) is 11.5 Å². The molecule has 0 aliphatic carbocycles. The van der Waals surface area contributed by atoms with Gasteiger partial charge < -0.3 is 20.1 Å². The number of alkyl halides is 3. The van der Waals surface area contributed by atoms with Gasteiger partial charge in [-0.1, -0.05) is 0 Å². The van der Waals surface area contributed by atoms with E-state index in [-0.39, 0.29) is 6.79 Å². The highest BCUT2D eigenvalue weighted by molar-refractivity contribution is 5.84. The molecular formula is C12H13F3N2O3. The maximum absolute atomic E-state index is 12.0. The Morgan fingerprint density at radius 3 is 2.75 bits per heavy atom. The van der Waals surface area contributed by atoms with E-state index in [1.54, 1.807) is 18.2 Å². The SMILES string of the molecule is C[C@H](Nc1ccc2c(c1)OCO2)C(=O)NCC(F)(F)F. The minimum Gasteiger partial charge on any atom is -0.454 e. The zero-order chi connectivity index (χ0) is 14.8. The maximum Gasteiger partial charge on any atom is 0.405 e. The number of rotatable bonds is 4. The van der Waals surface area contributed by atoms with E-state index in [0.717, 1.165) is 0 Å². The fraction of sp³-hybridized carbons (Fsp3) is 0.417. The van der Waals surface area contributed by atoms with Crippen LogP contribution in [0.25, 0.3) is 0 Å². The van der Waals surface area contributed by atoms with Gasteiger partial charge in [0.1, 0.15) is 12.6 Å². The molecule has 0 fully saturated rings. The zero-order valence-corrected chi connectivity index (χ0v) is 10.6. The summed E-state index contributed by atoms with van der Waals surface area (Å²) in [6.07, 6.45) is -4.42. The van der Waals surface area contributed by atoms with Crippen molar-refractivity contribution in [1.82, 2.24) is 5.32 Å². The monoisotopic (exact) mass is 290 g/mol. The molecule has 1 atom stereocenters. The van der Waals surface area contributed by atoms with Crippen LogP contribution in [0.4, 0.5) is 18.9 Å². The molecule has 1 heterocycles. The third-order valence-corrected chi connectivity index (χ3v) is 2.61. The first kappa shape index (κ1) is 14.3. The Kier molecular flexibility index (Phi) is 3.91. The van der Waals surface area contributed by atoms with E-state index in [9.17, 15) is 18.0 Å². The molecule has 0 spiro atoms. The molecule has 1 aromatic rings. The van der Waals surface area contributed by atoms with Gasteiger partial charge in [0.25, 0.3) is 0 Å². The van der Waals surface area contributed by atoms with Crippen molar-refractivity contribution in [3.05, 3.63) is 18.2 Å². The van der Waals surface area contributed by atoms with Crippen molar-refractivity contribution in [2.45, 2.75) is 19.1 Å². The van der Waals surface area contributed by atoms with Crippen molar-refractivity contribution in [3.63, 3.8) is 0 Å². The molecule has 1 aliphatic heterocycles. The van der Waals surface area contributed by atoms with Crippen molar-refractivity contribution in [1.29, 1.82) is 0 Å². The smallest absolute Gasteiger partial charge is 0.405 e. The van der Waals surface area contributed by atoms with Crippen LogP contribution in [0.2, 0.25) is 0 Å². The lowest BCUT2D eigenvalue weighted by atomic mass is 10.2. The topological polar surface area (TPSA) is 59.6 Å². The average molecular weight is 290 g/mol. The first-order valence-electron chi connectivity index (χ1n) is 5.86. The quantitative estimate of drug-likeness (QED) is 0.889. The molecule has 0 radical (unpaired) electrons. The van der Waals surface area contributed by atoms with E-state index in [1.807, 2.05) is 5.32 Å². The van der Waals surface area contributed by atoms with E-state index in [0.29, 0.717) is 17.2 Å². The van der Waals surface area contributed by atoms with Gasteiger partial charge in [-0.15, -0.1) is 0 Å². The number of anilines is 1. The third-order valence-electron chi connectivity index (χ3n) is 2.61. The molecule has 110 valence electrons. The second-order valence-electron chi connectivity index (χ2n) is 4.27. The number of fused-ring (bicyclic) bond motifs is 1. The normalized spacial score (nSPS) is 14.8. The minimum absolute atomic E-state index is 0.125. The predicted octanol–water partition coefficient (Wildman–Crippen LogP) is 1.89. The van der Waals surface area contributed by atoms with Gasteiger partial charge in [-0.3, -0.25) is 4.79 Å². The number of benzene rings is 1. The van der Waals surface area contributed by atoms with Crippen molar-refractivity contribution in [2.75, 3.05) is 18.7 Å². The lowest BCUT2D eigenvalue weighted by Gasteiger charge is -2.16. The van der Waals surface area contributed by atoms with E-state index >= 15 is 0 Å². The van der Waals surface area contributed by atoms with E-state index in [4.69, 9.17) is 9.47 Å². The van der Waals surface area contributed by atoms with Crippen LogP contribution in [0.3, 0.4) is 0 Å². The summed E-state index contributed by atoms with van der Waals surface area (Å²) in [4.78, 5) is 11.5. The van der Waals surface area contributed by atoms with Crippen LogP contribution in [0.1, 0.15) is 6.92 Å². The zero-order valence-electron chi connectivity index (χ0n) is 10.6. The molecule has 8 heteroatoms. The molecule has 2 N–H and O–H groups in total. The Hall–Kier alpha value is -2.12. The van der Waals surface area contributed by atoms with Gasteiger partial charge in [0, 0.05) is 11.8 Å². The molecule has 1 amide bonds. The summed E-state index contributed by atoms with van der Waals surface area (Å²) in [5, 5.41) is 4.61. The van der Waals surface area contributed by atoms with Gasteiger partial charge in [-0.05, 0) is 19.1 Å². The molecular weight excluding hydrogens is 277 g/mol. The van der Waals surface area contributed by atoms with Gasteiger partial charge in [-0.25, -0.2) is 0 Å². The molecule has 0 aromatic heterocycles. The number of halogens is 3. The first-order valence-corrected chi connectivity index (χ1v) is 5.86. The molecule has 0 saturated heterocycles. The summed E-state index contributed by atoms with van der Waals surface area (Å²) in [6, 6.07) is 4.12. The Bertz CT molecular complexity index is 505. The fourth-order valence-corrected chi connectivity index (χ4v) is 1.64.